The average molecular weight is 262 g/mol. The van der Waals surface area contributed by atoms with Crippen LogP contribution in [0.15, 0.2) is 11.6 Å². The second-order valence-corrected chi connectivity index (χ2v) is 5.56. The van der Waals surface area contributed by atoms with Gasteiger partial charge in [0.05, 0.1) is 5.69 Å². The highest BCUT2D eigenvalue weighted by atomic mass is 15.3. The van der Waals surface area contributed by atoms with E-state index in [9.17, 15) is 0 Å². The van der Waals surface area contributed by atoms with Crippen LogP contribution in [0.4, 0.5) is 0 Å². The molecular weight excluding hydrogens is 236 g/mol. The van der Waals surface area contributed by atoms with Gasteiger partial charge in [-0.25, -0.2) is 0 Å². The Labute approximate surface area is 116 Å². The maximum absolute atomic E-state index is 5.74. The van der Waals surface area contributed by atoms with Crippen molar-refractivity contribution in [1.82, 2.24) is 15.2 Å². The molecule has 1 atom stereocenters. The van der Waals surface area contributed by atoms with E-state index in [0.717, 1.165) is 18.5 Å². The van der Waals surface area contributed by atoms with Gasteiger partial charge in [0.1, 0.15) is 0 Å². The fourth-order valence-electron chi connectivity index (χ4n) is 3.02. The number of nitrogens with two attached hydrogens (primary N) is 1. The molecule has 0 saturated carbocycles. The molecule has 0 amide bonds. The Morgan fingerprint density at radius 3 is 2.74 bits per heavy atom. The van der Waals surface area contributed by atoms with E-state index < -0.39 is 0 Å². The maximum Gasteiger partial charge on any atom is 0.0628 e. The van der Waals surface area contributed by atoms with E-state index in [1.54, 1.807) is 0 Å². The molecule has 1 aliphatic rings. The van der Waals surface area contributed by atoms with E-state index >= 15 is 0 Å². The molecule has 4 heteroatoms. The minimum Gasteiger partial charge on any atom is -0.272 e. The van der Waals surface area contributed by atoms with Gasteiger partial charge in [0.25, 0.3) is 0 Å². The Morgan fingerprint density at radius 1 is 1.42 bits per heavy atom. The zero-order valence-electron chi connectivity index (χ0n) is 12.4. The molecule has 3 N–H and O–H groups in total. The summed E-state index contributed by atoms with van der Waals surface area (Å²) in [6.07, 6.45) is 9.49. The molecule has 0 spiro atoms. The molecule has 19 heavy (non-hydrogen) atoms. The van der Waals surface area contributed by atoms with Crippen molar-refractivity contribution in [3.63, 3.8) is 0 Å². The van der Waals surface area contributed by atoms with Gasteiger partial charge in [0.15, 0.2) is 0 Å². The summed E-state index contributed by atoms with van der Waals surface area (Å²) < 4.78 is 1.97. The molecule has 0 aromatic carbocycles. The molecule has 1 aliphatic carbocycles. The zero-order chi connectivity index (χ0) is 13.8. The lowest BCUT2D eigenvalue weighted by Crippen LogP contribution is -2.37. The third-order valence-corrected chi connectivity index (χ3v) is 4.32. The van der Waals surface area contributed by atoms with Gasteiger partial charge in [-0.05, 0) is 57.9 Å². The Morgan fingerprint density at radius 2 is 2.21 bits per heavy atom. The molecule has 0 fully saturated rings. The Kier molecular flexibility index (Phi) is 4.77. The van der Waals surface area contributed by atoms with Crippen LogP contribution in [-0.2, 0) is 13.5 Å². The highest BCUT2D eigenvalue weighted by Gasteiger charge is 2.17. The van der Waals surface area contributed by atoms with Crippen molar-refractivity contribution in [3.8, 4) is 0 Å². The van der Waals surface area contributed by atoms with Crippen LogP contribution in [0.3, 0.4) is 0 Å². The van der Waals surface area contributed by atoms with Gasteiger partial charge in [0, 0.05) is 18.8 Å². The topological polar surface area (TPSA) is 55.9 Å². The predicted octanol–water partition coefficient (Wildman–Crippen LogP) is 2.30. The number of nitrogens with one attached hydrogen (secondary N) is 1. The van der Waals surface area contributed by atoms with Gasteiger partial charge in [-0.2, -0.15) is 5.10 Å². The second kappa shape index (κ2) is 6.35. The summed E-state index contributed by atoms with van der Waals surface area (Å²) in [5.74, 6) is 5.74. The number of rotatable bonds is 5. The van der Waals surface area contributed by atoms with Crippen LogP contribution in [-0.4, -0.2) is 15.8 Å². The van der Waals surface area contributed by atoms with Gasteiger partial charge in [-0.3, -0.25) is 16.0 Å². The van der Waals surface area contributed by atoms with Crippen molar-refractivity contribution in [2.75, 3.05) is 0 Å². The summed E-state index contributed by atoms with van der Waals surface area (Å²) in [4.78, 5) is 0. The Hall–Kier alpha value is -1.13. The summed E-state index contributed by atoms with van der Waals surface area (Å²) in [5.41, 5.74) is 8.28. The number of nitrogens with zero attached hydrogens (tertiary/aromatic N) is 2. The van der Waals surface area contributed by atoms with E-state index in [2.05, 4.69) is 30.4 Å². The first-order valence-corrected chi connectivity index (χ1v) is 7.27. The molecule has 0 radical (unpaired) electrons. The molecule has 1 heterocycles. The molecule has 1 aromatic rings. The largest absolute Gasteiger partial charge is 0.272 e. The van der Waals surface area contributed by atoms with Crippen LogP contribution in [0, 0.1) is 13.8 Å². The first kappa shape index (κ1) is 14.3. The number of hydrogen-bond donors (Lipinski definition) is 2. The zero-order valence-corrected chi connectivity index (χ0v) is 12.4. The first-order valence-electron chi connectivity index (χ1n) is 7.27. The normalized spacial score (nSPS) is 17.4. The van der Waals surface area contributed by atoms with E-state index in [-0.39, 0.29) is 0 Å². The Balaban J connectivity index is 2.01. The number of hydrogen-bond acceptors (Lipinski definition) is 3. The van der Waals surface area contributed by atoms with Gasteiger partial charge in [0.2, 0.25) is 0 Å². The SMILES string of the molecule is Cc1nn(C)c(C)c1CCC(NN)C1=CCCCC1. The maximum atomic E-state index is 5.74. The van der Waals surface area contributed by atoms with Crippen LogP contribution >= 0.6 is 0 Å². The van der Waals surface area contributed by atoms with Crippen LogP contribution in [0.25, 0.3) is 0 Å². The molecule has 0 saturated heterocycles. The minimum absolute atomic E-state index is 0.319. The Bertz CT molecular complexity index is 459. The number of aryl methyl sites for hydroxylation is 2. The lowest BCUT2D eigenvalue weighted by atomic mass is 9.90. The highest BCUT2D eigenvalue weighted by molar-refractivity contribution is 5.25. The molecule has 0 aliphatic heterocycles. The second-order valence-electron chi connectivity index (χ2n) is 5.56. The summed E-state index contributed by atoms with van der Waals surface area (Å²) in [5, 5.41) is 4.48. The van der Waals surface area contributed by atoms with E-state index in [0.29, 0.717) is 6.04 Å². The van der Waals surface area contributed by atoms with Crippen molar-refractivity contribution >= 4 is 0 Å². The fraction of sp³-hybridized carbons (Fsp3) is 0.667. The van der Waals surface area contributed by atoms with Crippen LogP contribution in [0.2, 0.25) is 0 Å². The third-order valence-electron chi connectivity index (χ3n) is 4.32. The highest BCUT2D eigenvalue weighted by Crippen LogP contribution is 2.23. The molecule has 2 rings (SSSR count). The molecule has 106 valence electrons. The van der Waals surface area contributed by atoms with Crippen molar-refractivity contribution < 1.29 is 0 Å². The van der Waals surface area contributed by atoms with Crippen LogP contribution in [0.5, 0.6) is 0 Å². The van der Waals surface area contributed by atoms with Gasteiger partial charge in [-0.1, -0.05) is 11.6 Å². The number of hydrazine groups is 1. The third kappa shape index (κ3) is 3.25. The standard InChI is InChI=1S/C15H26N4/c1-11-14(12(2)19(3)18-11)9-10-15(17-16)13-7-5-4-6-8-13/h7,15,17H,4-6,8-10,16H2,1-3H3. The molecule has 0 bridgehead atoms. The summed E-state index contributed by atoms with van der Waals surface area (Å²) >= 11 is 0. The molecule has 4 nitrogen and oxygen atoms in total. The van der Waals surface area contributed by atoms with Crippen molar-refractivity contribution in [3.05, 3.63) is 28.6 Å². The van der Waals surface area contributed by atoms with E-state index in [4.69, 9.17) is 5.84 Å². The monoisotopic (exact) mass is 262 g/mol. The lowest BCUT2D eigenvalue weighted by molar-refractivity contribution is 0.515. The van der Waals surface area contributed by atoms with Crippen LogP contribution < -0.4 is 11.3 Å². The predicted molar refractivity (Wildman–Crippen MR) is 78.7 cm³/mol. The summed E-state index contributed by atoms with van der Waals surface area (Å²) in [6.45, 7) is 4.23. The van der Waals surface area contributed by atoms with Crippen molar-refractivity contribution in [1.29, 1.82) is 0 Å². The summed E-state index contributed by atoms with van der Waals surface area (Å²) in [6, 6.07) is 0.319. The van der Waals surface area contributed by atoms with Crippen LogP contribution in [0.1, 0.15) is 49.1 Å². The average Bonchev–Trinajstić information content (AvgIpc) is 2.66. The van der Waals surface area contributed by atoms with Gasteiger partial charge < -0.3 is 0 Å². The van der Waals surface area contributed by atoms with Gasteiger partial charge in [-0.15, -0.1) is 0 Å². The quantitative estimate of drug-likeness (QED) is 0.486. The van der Waals surface area contributed by atoms with Crippen molar-refractivity contribution in [2.24, 2.45) is 12.9 Å². The molecule has 1 unspecified atom stereocenters. The van der Waals surface area contributed by atoms with Gasteiger partial charge >= 0.3 is 0 Å². The molecule has 1 aromatic heterocycles. The summed E-state index contributed by atoms with van der Waals surface area (Å²) in [7, 11) is 2.01. The van der Waals surface area contributed by atoms with E-state index in [1.165, 1.54) is 42.5 Å². The number of allylic oxidation sites excluding steroid dienone is 1. The molecular formula is C15H26N4. The van der Waals surface area contributed by atoms with E-state index in [1.807, 2.05) is 11.7 Å². The fourth-order valence-corrected chi connectivity index (χ4v) is 3.02. The van der Waals surface area contributed by atoms with Crippen molar-refractivity contribution in [2.45, 2.75) is 58.4 Å². The number of aromatic nitrogens is 2. The lowest BCUT2D eigenvalue weighted by Gasteiger charge is -2.22. The minimum atomic E-state index is 0.319. The smallest absolute Gasteiger partial charge is 0.0628 e. The first-order chi connectivity index (χ1) is 9.13.